The van der Waals surface area contributed by atoms with Crippen molar-refractivity contribution in [1.82, 2.24) is 9.55 Å². The number of fused-ring (bicyclic) bond motifs is 3. The highest BCUT2D eigenvalue weighted by Gasteiger charge is 2.27. The lowest BCUT2D eigenvalue weighted by atomic mass is 9.97. The fraction of sp³-hybridized carbons (Fsp3) is 0.118. The Bertz CT molecular complexity index is 869. The Morgan fingerprint density at radius 1 is 1.09 bits per heavy atom. The molecule has 0 aliphatic carbocycles. The van der Waals surface area contributed by atoms with E-state index in [9.17, 15) is 10.1 Å². The third-order valence-electron chi connectivity index (χ3n) is 4.07. The van der Waals surface area contributed by atoms with Gasteiger partial charge in [0.05, 0.1) is 22.4 Å². The monoisotopic (exact) mass is 291 g/mol. The number of hydrogen-bond acceptors (Lipinski definition) is 3. The molecular formula is C17H13N3O2. The minimum atomic E-state index is -0.316. The lowest BCUT2D eigenvalue weighted by Gasteiger charge is -2.20. The first-order valence-electron chi connectivity index (χ1n) is 7.13. The quantitative estimate of drug-likeness (QED) is 0.534. The summed E-state index contributed by atoms with van der Waals surface area (Å²) in [7, 11) is 0. The van der Waals surface area contributed by atoms with Gasteiger partial charge in [-0.1, -0.05) is 42.5 Å². The van der Waals surface area contributed by atoms with Crippen LogP contribution in [0.3, 0.4) is 0 Å². The molecule has 0 N–H and O–H groups in total. The molecule has 0 fully saturated rings. The molecule has 22 heavy (non-hydrogen) atoms. The van der Waals surface area contributed by atoms with Gasteiger partial charge in [0.2, 0.25) is 0 Å². The van der Waals surface area contributed by atoms with Gasteiger partial charge in [-0.25, -0.2) is 4.98 Å². The Balaban J connectivity index is 1.94. The highest BCUT2D eigenvalue weighted by molar-refractivity contribution is 5.77. The Morgan fingerprint density at radius 3 is 2.68 bits per heavy atom. The van der Waals surface area contributed by atoms with Crippen LogP contribution >= 0.6 is 0 Å². The molecule has 3 aromatic rings. The predicted octanol–water partition coefficient (Wildman–Crippen LogP) is 3.68. The van der Waals surface area contributed by atoms with Crippen molar-refractivity contribution < 1.29 is 4.92 Å². The van der Waals surface area contributed by atoms with Crippen molar-refractivity contribution in [2.45, 2.75) is 13.0 Å². The highest BCUT2D eigenvalue weighted by atomic mass is 16.6. The van der Waals surface area contributed by atoms with Gasteiger partial charge in [-0.05, 0) is 12.0 Å². The molecule has 0 saturated carbocycles. The molecule has 1 aliphatic rings. The molecule has 0 atom stereocenters. The van der Waals surface area contributed by atoms with E-state index in [0.717, 1.165) is 35.6 Å². The molecule has 0 radical (unpaired) electrons. The molecule has 1 aromatic heterocycles. The number of nitrogens with zero attached hydrogens (tertiary/aromatic N) is 3. The Morgan fingerprint density at radius 2 is 1.91 bits per heavy atom. The van der Waals surface area contributed by atoms with E-state index in [1.807, 2.05) is 36.4 Å². The van der Waals surface area contributed by atoms with Crippen LogP contribution < -0.4 is 0 Å². The van der Waals surface area contributed by atoms with Gasteiger partial charge in [0.1, 0.15) is 5.82 Å². The number of nitro groups is 1. The standard InChI is InChI=1S/C17H13N3O2/c21-20(22)14-8-4-7-12-9-10-19-15(16(12)14)11-18-17(19)13-5-2-1-3-6-13/h1-8,11H,9-10H2. The molecule has 0 amide bonds. The van der Waals surface area contributed by atoms with Gasteiger partial charge in [-0.3, -0.25) is 10.1 Å². The maximum absolute atomic E-state index is 11.3. The summed E-state index contributed by atoms with van der Waals surface area (Å²) in [6.45, 7) is 0.785. The molecule has 0 saturated heterocycles. The molecular weight excluding hydrogens is 278 g/mol. The van der Waals surface area contributed by atoms with Crippen molar-refractivity contribution in [3.63, 3.8) is 0 Å². The molecule has 2 heterocycles. The zero-order valence-corrected chi connectivity index (χ0v) is 11.8. The number of imidazole rings is 1. The zero-order chi connectivity index (χ0) is 15.1. The van der Waals surface area contributed by atoms with Crippen LogP contribution in [0.2, 0.25) is 0 Å². The maximum atomic E-state index is 11.3. The van der Waals surface area contributed by atoms with Crippen LogP contribution in [0.25, 0.3) is 22.6 Å². The van der Waals surface area contributed by atoms with Crippen LogP contribution in [-0.4, -0.2) is 14.5 Å². The van der Waals surface area contributed by atoms with Crippen molar-refractivity contribution in [3.8, 4) is 22.6 Å². The molecule has 0 bridgehead atoms. The van der Waals surface area contributed by atoms with Crippen LogP contribution in [0.1, 0.15) is 5.56 Å². The van der Waals surface area contributed by atoms with Gasteiger partial charge in [-0.15, -0.1) is 0 Å². The second-order valence-electron chi connectivity index (χ2n) is 5.30. The molecule has 0 spiro atoms. The van der Waals surface area contributed by atoms with Gasteiger partial charge in [0.25, 0.3) is 5.69 Å². The number of benzene rings is 2. The summed E-state index contributed by atoms with van der Waals surface area (Å²) < 4.78 is 2.07. The lowest BCUT2D eigenvalue weighted by Crippen LogP contribution is -2.13. The van der Waals surface area contributed by atoms with E-state index in [0.29, 0.717) is 5.56 Å². The van der Waals surface area contributed by atoms with E-state index in [2.05, 4.69) is 9.55 Å². The Hall–Kier alpha value is -2.95. The number of aryl methyl sites for hydroxylation is 1. The fourth-order valence-electron chi connectivity index (χ4n) is 3.09. The van der Waals surface area contributed by atoms with Gasteiger partial charge in [0.15, 0.2) is 0 Å². The van der Waals surface area contributed by atoms with Gasteiger partial charge < -0.3 is 4.57 Å². The van der Waals surface area contributed by atoms with Crippen molar-refractivity contribution in [1.29, 1.82) is 0 Å². The summed E-state index contributed by atoms with van der Waals surface area (Å²) in [4.78, 5) is 15.5. The summed E-state index contributed by atoms with van der Waals surface area (Å²) in [6, 6.07) is 15.2. The summed E-state index contributed by atoms with van der Waals surface area (Å²) in [5.74, 6) is 0.861. The third kappa shape index (κ3) is 1.83. The zero-order valence-electron chi connectivity index (χ0n) is 11.8. The molecule has 4 rings (SSSR count). The topological polar surface area (TPSA) is 61.0 Å². The second kappa shape index (κ2) is 4.80. The van der Waals surface area contributed by atoms with E-state index in [-0.39, 0.29) is 10.6 Å². The summed E-state index contributed by atoms with van der Waals surface area (Å²) in [6.07, 6.45) is 2.52. The van der Waals surface area contributed by atoms with E-state index >= 15 is 0 Å². The lowest BCUT2D eigenvalue weighted by molar-refractivity contribution is -0.384. The normalized spacial score (nSPS) is 12.5. The van der Waals surface area contributed by atoms with Crippen LogP contribution in [0, 0.1) is 10.1 Å². The molecule has 2 aromatic carbocycles. The molecule has 108 valence electrons. The minimum Gasteiger partial charge on any atom is -0.323 e. The largest absolute Gasteiger partial charge is 0.323 e. The molecule has 0 unspecified atom stereocenters. The predicted molar refractivity (Wildman–Crippen MR) is 83.5 cm³/mol. The minimum absolute atomic E-state index is 0.151. The number of hydrogen-bond donors (Lipinski definition) is 0. The fourth-order valence-corrected chi connectivity index (χ4v) is 3.09. The van der Waals surface area contributed by atoms with Gasteiger partial charge in [0, 0.05) is 18.2 Å². The van der Waals surface area contributed by atoms with E-state index in [4.69, 9.17) is 0 Å². The van der Waals surface area contributed by atoms with Crippen molar-refractivity contribution in [2.24, 2.45) is 0 Å². The average molecular weight is 291 g/mol. The van der Waals surface area contributed by atoms with Crippen LogP contribution in [0.15, 0.2) is 54.7 Å². The SMILES string of the molecule is O=[N+]([O-])c1cccc2c1-c1cnc(-c3ccccc3)n1CC2. The van der Waals surface area contributed by atoms with Crippen LogP contribution in [0.5, 0.6) is 0 Å². The Labute approximate surface area is 127 Å². The van der Waals surface area contributed by atoms with Crippen molar-refractivity contribution in [2.75, 3.05) is 0 Å². The molecule has 1 aliphatic heterocycles. The van der Waals surface area contributed by atoms with Gasteiger partial charge >= 0.3 is 0 Å². The summed E-state index contributed by atoms with van der Waals surface area (Å²) in [5.41, 5.74) is 3.72. The third-order valence-corrected chi connectivity index (χ3v) is 4.07. The number of nitro benzene ring substituents is 1. The first kappa shape index (κ1) is 12.8. The van der Waals surface area contributed by atoms with Crippen molar-refractivity contribution in [3.05, 3.63) is 70.4 Å². The molecule has 5 nitrogen and oxygen atoms in total. The summed E-state index contributed by atoms with van der Waals surface area (Å²) >= 11 is 0. The smallest absolute Gasteiger partial charge is 0.279 e. The number of aromatic nitrogens is 2. The van der Waals surface area contributed by atoms with Gasteiger partial charge in [-0.2, -0.15) is 0 Å². The molecule has 5 heteroatoms. The maximum Gasteiger partial charge on any atom is 0.279 e. The van der Waals surface area contributed by atoms with Crippen molar-refractivity contribution >= 4 is 5.69 Å². The first-order valence-corrected chi connectivity index (χ1v) is 7.13. The highest BCUT2D eigenvalue weighted by Crippen LogP contribution is 2.38. The van der Waals surface area contributed by atoms with E-state index in [1.165, 1.54) is 0 Å². The average Bonchev–Trinajstić information content (AvgIpc) is 2.99. The second-order valence-corrected chi connectivity index (χ2v) is 5.30. The summed E-state index contributed by atoms with van der Waals surface area (Å²) in [5, 5.41) is 11.3. The van der Waals surface area contributed by atoms with E-state index < -0.39 is 0 Å². The van der Waals surface area contributed by atoms with Crippen LogP contribution in [0.4, 0.5) is 5.69 Å². The first-order chi connectivity index (χ1) is 10.8. The number of rotatable bonds is 2. The van der Waals surface area contributed by atoms with Crippen LogP contribution in [-0.2, 0) is 13.0 Å². The Kier molecular flexibility index (Phi) is 2.79. The van der Waals surface area contributed by atoms with E-state index in [1.54, 1.807) is 18.3 Å².